The Balaban J connectivity index is 1.90. The lowest BCUT2D eigenvalue weighted by Gasteiger charge is -2.31. The average molecular weight is 351 g/mol. The number of hydrogen-bond acceptors (Lipinski definition) is 3. The monoisotopic (exact) mass is 350 g/mol. The third kappa shape index (κ3) is 3.33. The molecule has 0 atom stereocenters. The molecule has 0 aliphatic carbocycles. The van der Waals surface area contributed by atoms with Crippen LogP contribution < -0.4 is 4.72 Å². The molecule has 0 saturated carbocycles. The van der Waals surface area contributed by atoms with Crippen molar-refractivity contribution >= 4 is 33.2 Å². The van der Waals surface area contributed by atoms with Crippen LogP contribution in [0.3, 0.4) is 0 Å². The summed E-state index contributed by atoms with van der Waals surface area (Å²) in [5, 5.41) is 0.456. The van der Waals surface area contributed by atoms with E-state index in [0.29, 0.717) is 23.7 Å². The molecule has 2 aromatic rings. The number of nitrogens with zero attached hydrogens (tertiary/aromatic N) is 1. The van der Waals surface area contributed by atoms with Gasteiger partial charge in [0.1, 0.15) is 0 Å². The first kappa shape index (κ1) is 15.8. The second kappa shape index (κ2) is 6.22. The van der Waals surface area contributed by atoms with Crippen molar-refractivity contribution in [3.05, 3.63) is 59.1 Å². The molecule has 0 spiro atoms. The fourth-order valence-electron chi connectivity index (χ4n) is 2.27. The molecule has 2 aromatic carbocycles. The van der Waals surface area contributed by atoms with Crippen LogP contribution in [0.1, 0.15) is 16.8 Å². The number of para-hydroxylation sites is 1. The standard InChI is InChI=1S/C16H15ClN2O3S/c17-12-6-8-13(9-7-12)23(21,22)18-15-5-2-1-4-14(15)16(20)19-10-3-11-19/h1-2,4-9,18H,3,10-11H2. The van der Waals surface area contributed by atoms with E-state index in [1.165, 1.54) is 24.3 Å². The Morgan fingerprint density at radius 3 is 2.30 bits per heavy atom. The largest absolute Gasteiger partial charge is 0.338 e. The highest BCUT2D eigenvalue weighted by atomic mass is 35.5. The molecule has 0 unspecified atom stereocenters. The maximum absolute atomic E-state index is 12.5. The summed E-state index contributed by atoms with van der Waals surface area (Å²) in [7, 11) is -3.78. The molecule has 0 bridgehead atoms. The highest BCUT2D eigenvalue weighted by Gasteiger charge is 2.25. The van der Waals surface area contributed by atoms with Gasteiger partial charge < -0.3 is 4.90 Å². The van der Waals surface area contributed by atoms with Crippen LogP contribution >= 0.6 is 11.6 Å². The number of carbonyl (C=O) groups excluding carboxylic acids is 1. The first-order chi connectivity index (χ1) is 11.0. The molecule has 5 nitrogen and oxygen atoms in total. The van der Waals surface area contributed by atoms with Crippen LogP contribution in [0.15, 0.2) is 53.4 Å². The molecule has 23 heavy (non-hydrogen) atoms. The third-order valence-electron chi connectivity index (χ3n) is 3.67. The fraction of sp³-hybridized carbons (Fsp3) is 0.188. The van der Waals surface area contributed by atoms with Crippen molar-refractivity contribution in [2.75, 3.05) is 17.8 Å². The zero-order valence-corrected chi connectivity index (χ0v) is 13.8. The fourth-order valence-corrected chi connectivity index (χ4v) is 3.47. The summed E-state index contributed by atoms with van der Waals surface area (Å²) in [4.78, 5) is 14.2. The second-order valence-electron chi connectivity index (χ2n) is 5.25. The number of benzene rings is 2. The Hall–Kier alpha value is -2.05. The van der Waals surface area contributed by atoms with E-state index in [2.05, 4.69) is 4.72 Å². The lowest BCUT2D eigenvalue weighted by atomic mass is 10.1. The van der Waals surface area contributed by atoms with E-state index in [1.54, 1.807) is 29.2 Å². The van der Waals surface area contributed by atoms with Crippen LogP contribution in [-0.2, 0) is 10.0 Å². The predicted octanol–water partition coefficient (Wildman–Crippen LogP) is 2.99. The van der Waals surface area contributed by atoms with E-state index in [9.17, 15) is 13.2 Å². The van der Waals surface area contributed by atoms with Gasteiger partial charge in [-0.05, 0) is 42.8 Å². The normalized spacial score (nSPS) is 14.2. The van der Waals surface area contributed by atoms with Gasteiger partial charge >= 0.3 is 0 Å². The SMILES string of the molecule is O=C(c1ccccc1NS(=O)(=O)c1ccc(Cl)cc1)N1CCC1. The molecule has 1 fully saturated rings. The number of carbonyl (C=O) groups is 1. The molecule has 1 heterocycles. The van der Waals surface area contributed by atoms with E-state index in [0.717, 1.165) is 6.42 Å². The van der Waals surface area contributed by atoms with Crippen molar-refractivity contribution in [2.45, 2.75) is 11.3 Å². The summed E-state index contributed by atoms with van der Waals surface area (Å²) in [5.41, 5.74) is 0.629. The maximum Gasteiger partial charge on any atom is 0.261 e. The zero-order chi connectivity index (χ0) is 16.4. The summed E-state index contributed by atoms with van der Waals surface area (Å²) in [6, 6.07) is 12.5. The molecule has 1 N–H and O–H groups in total. The summed E-state index contributed by atoms with van der Waals surface area (Å²) in [5.74, 6) is -0.161. The van der Waals surface area contributed by atoms with Crippen LogP contribution in [0.25, 0.3) is 0 Å². The molecule has 3 rings (SSSR count). The minimum Gasteiger partial charge on any atom is -0.338 e. The molecule has 120 valence electrons. The molecule has 0 aromatic heterocycles. The Kier molecular flexibility index (Phi) is 4.28. The lowest BCUT2D eigenvalue weighted by Crippen LogP contribution is -2.42. The van der Waals surface area contributed by atoms with Crippen LogP contribution in [0.2, 0.25) is 5.02 Å². The second-order valence-corrected chi connectivity index (χ2v) is 7.37. The average Bonchev–Trinajstić information content (AvgIpc) is 2.46. The number of amides is 1. The smallest absolute Gasteiger partial charge is 0.261 e. The van der Waals surface area contributed by atoms with E-state index < -0.39 is 10.0 Å². The highest BCUT2D eigenvalue weighted by Crippen LogP contribution is 2.23. The van der Waals surface area contributed by atoms with Gasteiger partial charge in [-0.2, -0.15) is 0 Å². The van der Waals surface area contributed by atoms with Crippen molar-refractivity contribution in [3.8, 4) is 0 Å². The number of rotatable bonds is 4. The topological polar surface area (TPSA) is 66.5 Å². The molecule has 0 radical (unpaired) electrons. The third-order valence-corrected chi connectivity index (χ3v) is 5.30. The van der Waals surface area contributed by atoms with Crippen molar-refractivity contribution in [1.82, 2.24) is 4.90 Å². The van der Waals surface area contributed by atoms with Crippen LogP contribution in [0, 0.1) is 0 Å². The number of nitrogens with one attached hydrogen (secondary N) is 1. The lowest BCUT2D eigenvalue weighted by molar-refractivity contribution is 0.0653. The van der Waals surface area contributed by atoms with Gasteiger partial charge in [-0.15, -0.1) is 0 Å². The highest BCUT2D eigenvalue weighted by molar-refractivity contribution is 7.92. The number of halogens is 1. The summed E-state index contributed by atoms with van der Waals surface area (Å²) in [6.45, 7) is 1.41. The summed E-state index contributed by atoms with van der Waals surface area (Å²) < 4.78 is 27.4. The van der Waals surface area contributed by atoms with Crippen LogP contribution in [0.5, 0.6) is 0 Å². The Labute approximate surface area is 139 Å². The zero-order valence-electron chi connectivity index (χ0n) is 12.2. The molecular weight excluding hydrogens is 336 g/mol. The van der Waals surface area contributed by atoms with Gasteiger partial charge in [-0.3, -0.25) is 9.52 Å². The van der Waals surface area contributed by atoms with Crippen molar-refractivity contribution in [2.24, 2.45) is 0 Å². The Morgan fingerprint density at radius 1 is 1.04 bits per heavy atom. The summed E-state index contributed by atoms with van der Waals surface area (Å²) >= 11 is 5.78. The Morgan fingerprint density at radius 2 is 1.70 bits per heavy atom. The van der Waals surface area contributed by atoms with Gasteiger partial charge in [0.2, 0.25) is 0 Å². The van der Waals surface area contributed by atoms with Crippen molar-refractivity contribution in [3.63, 3.8) is 0 Å². The molecule has 1 saturated heterocycles. The molecular formula is C16H15ClN2O3S. The molecule has 1 aliphatic heterocycles. The van der Waals surface area contributed by atoms with Gasteiger partial charge in [0.25, 0.3) is 15.9 Å². The Bertz CT molecular complexity index is 831. The van der Waals surface area contributed by atoms with Crippen molar-refractivity contribution < 1.29 is 13.2 Å². The van der Waals surface area contributed by atoms with E-state index >= 15 is 0 Å². The van der Waals surface area contributed by atoms with Gasteiger partial charge in [0.15, 0.2) is 0 Å². The summed E-state index contributed by atoms with van der Waals surface area (Å²) in [6.07, 6.45) is 0.977. The van der Waals surface area contributed by atoms with E-state index in [1.807, 2.05) is 0 Å². The number of anilines is 1. The van der Waals surface area contributed by atoms with Gasteiger partial charge in [0, 0.05) is 18.1 Å². The minimum absolute atomic E-state index is 0.0908. The van der Waals surface area contributed by atoms with Gasteiger partial charge in [-0.1, -0.05) is 23.7 Å². The number of sulfonamides is 1. The first-order valence-electron chi connectivity index (χ1n) is 7.14. The van der Waals surface area contributed by atoms with Crippen LogP contribution in [0.4, 0.5) is 5.69 Å². The number of likely N-dealkylation sites (tertiary alicyclic amines) is 1. The minimum atomic E-state index is -3.78. The van der Waals surface area contributed by atoms with Crippen molar-refractivity contribution in [1.29, 1.82) is 0 Å². The van der Waals surface area contributed by atoms with E-state index in [-0.39, 0.29) is 16.5 Å². The van der Waals surface area contributed by atoms with Crippen LogP contribution in [-0.4, -0.2) is 32.3 Å². The molecule has 7 heteroatoms. The van der Waals surface area contributed by atoms with E-state index in [4.69, 9.17) is 11.6 Å². The first-order valence-corrected chi connectivity index (χ1v) is 9.00. The predicted molar refractivity (Wildman–Crippen MR) is 89.2 cm³/mol. The molecule has 1 aliphatic rings. The van der Waals surface area contributed by atoms with Gasteiger partial charge in [0.05, 0.1) is 16.1 Å². The maximum atomic E-state index is 12.5. The quantitative estimate of drug-likeness (QED) is 0.921. The number of hydrogen-bond donors (Lipinski definition) is 1. The van der Waals surface area contributed by atoms with Gasteiger partial charge in [-0.25, -0.2) is 8.42 Å². The molecule has 1 amide bonds.